The van der Waals surface area contributed by atoms with E-state index in [2.05, 4.69) is 17.2 Å². The van der Waals surface area contributed by atoms with Crippen LogP contribution in [-0.4, -0.2) is 21.7 Å². The summed E-state index contributed by atoms with van der Waals surface area (Å²) in [7, 11) is 0. The third kappa shape index (κ3) is 3.55. The maximum atomic E-state index is 9.81. The van der Waals surface area contributed by atoms with E-state index in [1.807, 2.05) is 33.9 Å². The van der Waals surface area contributed by atoms with Gasteiger partial charge in [-0.3, -0.25) is 0 Å². The minimum atomic E-state index is -0.708. The topological polar surface area (TPSA) is 45.2 Å². The number of nitrogens with one attached hydrogen (secondary N) is 1. The standard InChI is InChI=1S/C11H20N2OS/c1-7-6-12-10(15-7)8(2)13-9(3)11(4,5)14/h6,8-9,13-14H,1-5H3. The summed E-state index contributed by atoms with van der Waals surface area (Å²) in [6.07, 6.45) is 1.88. The highest BCUT2D eigenvalue weighted by Gasteiger charge is 2.24. The van der Waals surface area contributed by atoms with Crippen molar-refractivity contribution >= 4 is 11.3 Å². The second-order valence-electron chi connectivity index (χ2n) is 4.57. The Bertz CT molecular complexity index is 317. The Kier molecular flexibility index (Phi) is 3.87. The summed E-state index contributed by atoms with van der Waals surface area (Å²) in [6, 6.07) is 0.224. The molecule has 0 aliphatic heterocycles. The van der Waals surface area contributed by atoms with E-state index in [-0.39, 0.29) is 12.1 Å². The molecule has 2 unspecified atom stereocenters. The molecule has 0 fully saturated rings. The molecule has 0 saturated heterocycles. The van der Waals surface area contributed by atoms with E-state index in [0.29, 0.717) is 0 Å². The summed E-state index contributed by atoms with van der Waals surface area (Å²) >= 11 is 1.69. The summed E-state index contributed by atoms with van der Waals surface area (Å²) < 4.78 is 0. The number of aryl methyl sites for hydroxylation is 1. The fourth-order valence-corrected chi connectivity index (χ4v) is 2.01. The van der Waals surface area contributed by atoms with E-state index < -0.39 is 5.60 Å². The van der Waals surface area contributed by atoms with Crippen molar-refractivity contribution in [2.45, 2.75) is 52.3 Å². The molecule has 1 heterocycles. The molecule has 0 bridgehead atoms. The van der Waals surface area contributed by atoms with Crippen molar-refractivity contribution in [2.75, 3.05) is 0 Å². The van der Waals surface area contributed by atoms with Crippen LogP contribution in [0.3, 0.4) is 0 Å². The number of aromatic nitrogens is 1. The van der Waals surface area contributed by atoms with Crippen LogP contribution in [0.25, 0.3) is 0 Å². The number of hydrogen-bond donors (Lipinski definition) is 2. The number of aliphatic hydroxyl groups is 1. The number of nitrogens with zero attached hydrogens (tertiary/aromatic N) is 1. The molecule has 0 spiro atoms. The first-order chi connectivity index (χ1) is 6.80. The molecule has 0 aliphatic rings. The summed E-state index contributed by atoms with van der Waals surface area (Å²) in [6.45, 7) is 9.72. The van der Waals surface area contributed by atoms with Crippen LogP contribution in [-0.2, 0) is 0 Å². The lowest BCUT2D eigenvalue weighted by Gasteiger charge is -2.29. The highest BCUT2D eigenvalue weighted by Crippen LogP contribution is 2.21. The van der Waals surface area contributed by atoms with E-state index in [0.717, 1.165) is 5.01 Å². The fourth-order valence-electron chi connectivity index (χ4n) is 1.22. The van der Waals surface area contributed by atoms with Crippen molar-refractivity contribution in [2.24, 2.45) is 0 Å². The maximum absolute atomic E-state index is 9.81. The normalized spacial score (nSPS) is 16.4. The van der Waals surface area contributed by atoms with Gasteiger partial charge in [-0.05, 0) is 34.6 Å². The third-order valence-electron chi connectivity index (χ3n) is 2.57. The Labute approximate surface area is 95.6 Å². The number of hydrogen-bond acceptors (Lipinski definition) is 4. The molecule has 0 radical (unpaired) electrons. The van der Waals surface area contributed by atoms with Gasteiger partial charge in [0, 0.05) is 17.1 Å². The van der Waals surface area contributed by atoms with Crippen molar-refractivity contribution in [3.05, 3.63) is 16.1 Å². The quantitative estimate of drug-likeness (QED) is 0.831. The van der Waals surface area contributed by atoms with Gasteiger partial charge in [-0.1, -0.05) is 0 Å². The van der Waals surface area contributed by atoms with E-state index in [1.165, 1.54) is 4.88 Å². The van der Waals surface area contributed by atoms with Crippen molar-refractivity contribution in [1.29, 1.82) is 0 Å². The molecule has 3 nitrogen and oxygen atoms in total. The maximum Gasteiger partial charge on any atom is 0.109 e. The van der Waals surface area contributed by atoms with Crippen LogP contribution >= 0.6 is 11.3 Å². The monoisotopic (exact) mass is 228 g/mol. The molecule has 1 aromatic rings. The molecule has 0 aliphatic carbocycles. The lowest BCUT2D eigenvalue weighted by atomic mass is 10.0. The zero-order chi connectivity index (χ0) is 11.6. The fraction of sp³-hybridized carbons (Fsp3) is 0.727. The molecule has 0 amide bonds. The van der Waals surface area contributed by atoms with E-state index in [1.54, 1.807) is 11.3 Å². The van der Waals surface area contributed by atoms with Crippen LogP contribution in [0.4, 0.5) is 0 Å². The average Bonchev–Trinajstić information content (AvgIpc) is 2.50. The highest BCUT2D eigenvalue weighted by atomic mass is 32.1. The second kappa shape index (κ2) is 4.60. The summed E-state index contributed by atoms with van der Waals surface area (Å²) in [5, 5.41) is 14.2. The van der Waals surface area contributed by atoms with Crippen molar-refractivity contribution in [3.8, 4) is 0 Å². The van der Waals surface area contributed by atoms with Crippen LogP contribution in [0.2, 0.25) is 0 Å². The molecule has 86 valence electrons. The van der Waals surface area contributed by atoms with Gasteiger partial charge in [-0.15, -0.1) is 11.3 Å². The zero-order valence-electron chi connectivity index (χ0n) is 10.0. The van der Waals surface area contributed by atoms with Gasteiger partial charge in [-0.25, -0.2) is 4.98 Å². The molecule has 0 saturated carbocycles. The van der Waals surface area contributed by atoms with Crippen LogP contribution in [0.15, 0.2) is 6.20 Å². The molecule has 15 heavy (non-hydrogen) atoms. The smallest absolute Gasteiger partial charge is 0.109 e. The van der Waals surface area contributed by atoms with Crippen molar-refractivity contribution in [1.82, 2.24) is 10.3 Å². The van der Waals surface area contributed by atoms with Gasteiger partial charge in [0.2, 0.25) is 0 Å². The largest absolute Gasteiger partial charge is 0.389 e. The predicted molar refractivity (Wildman–Crippen MR) is 64.2 cm³/mol. The Morgan fingerprint density at radius 3 is 2.47 bits per heavy atom. The predicted octanol–water partition coefficient (Wildman–Crippen LogP) is 2.26. The van der Waals surface area contributed by atoms with Gasteiger partial charge in [-0.2, -0.15) is 0 Å². The Balaban J connectivity index is 2.60. The highest BCUT2D eigenvalue weighted by molar-refractivity contribution is 7.11. The first-order valence-corrected chi connectivity index (χ1v) is 6.03. The van der Waals surface area contributed by atoms with Gasteiger partial charge in [0.15, 0.2) is 0 Å². The van der Waals surface area contributed by atoms with E-state index >= 15 is 0 Å². The SMILES string of the molecule is Cc1cnc(C(C)NC(C)C(C)(C)O)s1. The lowest BCUT2D eigenvalue weighted by Crippen LogP contribution is -2.45. The number of thiazole rings is 1. The summed E-state index contributed by atoms with van der Waals surface area (Å²) in [4.78, 5) is 5.54. The molecule has 1 aromatic heterocycles. The molecule has 1 rings (SSSR count). The third-order valence-corrected chi connectivity index (χ3v) is 3.66. The zero-order valence-corrected chi connectivity index (χ0v) is 10.9. The van der Waals surface area contributed by atoms with Crippen LogP contribution in [0.1, 0.15) is 43.6 Å². The van der Waals surface area contributed by atoms with Crippen LogP contribution < -0.4 is 5.32 Å². The van der Waals surface area contributed by atoms with Gasteiger partial charge < -0.3 is 10.4 Å². The minimum absolute atomic E-state index is 0.0386. The van der Waals surface area contributed by atoms with Gasteiger partial charge >= 0.3 is 0 Å². The van der Waals surface area contributed by atoms with Crippen LogP contribution in [0, 0.1) is 6.92 Å². The van der Waals surface area contributed by atoms with Gasteiger partial charge in [0.25, 0.3) is 0 Å². The molecule has 4 heteroatoms. The Morgan fingerprint density at radius 1 is 1.47 bits per heavy atom. The Morgan fingerprint density at radius 2 is 2.07 bits per heavy atom. The van der Waals surface area contributed by atoms with Gasteiger partial charge in [0.05, 0.1) is 11.6 Å². The van der Waals surface area contributed by atoms with Crippen molar-refractivity contribution in [3.63, 3.8) is 0 Å². The number of rotatable bonds is 4. The molecular formula is C11H20N2OS. The van der Waals surface area contributed by atoms with Crippen molar-refractivity contribution < 1.29 is 5.11 Å². The summed E-state index contributed by atoms with van der Waals surface area (Å²) in [5.41, 5.74) is -0.708. The lowest BCUT2D eigenvalue weighted by molar-refractivity contribution is 0.0405. The van der Waals surface area contributed by atoms with Gasteiger partial charge in [0.1, 0.15) is 5.01 Å². The van der Waals surface area contributed by atoms with E-state index in [4.69, 9.17) is 0 Å². The minimum Gasteiger partial charge on any atom is -0.389 e. The molecule has 0 aromatic carbocycles. The molecular weight excluding hydrogens is 208 g/mol. The molecule has 2 atom stereocenters. The average molecular weight is 228 g/mol. The summed E-state index contributed by atoms with van der Waals surface area (Å²) in [5.74, 6) is 0. The van der Waals surface area contributed by atoms with Crippen LogP contribution in [0.5, 0.6) is 0 Å². The molecule has 2 N–H and O–H groups in total. The Hall–Kier alpha value is -0.450. The first kappa shape index (κ1) is 12.6. The second-order valence-corrected chi connectivity index (χ2v) is 5.84. The first-order valence-electron chi connectivity index (χ1n) is 5.21. The van der Waals surface area contributed by atoms with E-state index in [9.17, 15) is 5.11 Å².